The van der Waals surface area contributed by atoms with Gasteiger partial charge >= 0.3 is 0 Å². The van der Waals surface area contributed by atoms with Crippen molar-refractivity contribution in [2.45, 2.75) is 25.3 Å². The third-order valence-corrected chi connectivity index (χ3v) is 3.96. The van der Waals surface area contributed by atoms with Gasteiger partial charge in [0.1, 0.15) is 5.75 Å². The molecular weight excluding hydrogens is 262 g/mol. The van der Waals surface area contributed by atoms with Gasteiger partial charge in [0, 0.05) is 19.8 Å². The highest BCUT2D eigenvalue weighted by molar-refractivity contribution is 5.87. The summed E-state index contributed by atoms with van der Waals surface area (Å²) in [6.45, 7) is 0.821. The van der Waals surface area contributed by atoms with Gasteiger partial charge in [-0.15, -0.1) is 0 Å². The van der Waals surface area contributed by atoms with Crippen LogP contribution in [0.5, 0.6) is 5.75 Å². The van der Waals surface area contributed by atoms with E-state index in [1.807, 2.05) is 13.1 Å². The highest BCUT2D eigenvalue weighted by Gasteiger charge is 2.10. The lowest BCUT2D eigenvalue weighted by Gasteiger charge is -2.17. The van der Waals surface area contributed by atoms with Crippen molar-refractivity contribution < 1.29 is 9.47 Å². The number of likely N-dealkylation sites (N-methyl/N-ethyl adjacent to an activating group) is 1. The van der Waals surface area contributed by atoms with Crippen LogP contribution in [-0.2, 0) is 11.2 Å². The zero-order chi connectivity index (χ0) is 15.1. The molecule has 0 radical (unpaired) electrons. The van der Waals surface area contributed by atoms with E-state index in [0.29, 0.717) is 6.04 Å². The number of hydrogen-bond acceptors (Lipinski definition) is 3. The predicted molar refractivity (Wildman–Crippen MR) is 88.2 cm³/mol. The number of nitrogens with one attached hydrogen (secondary N) is 1. The molecule has 0 aliphatic carbocycles. The van der Waals surface area contributed by atoms with Crippen molar-refractivity contribution in [2.24, 2.45) is 0 Å². The van der Waals surface area contributed by atoms with Gasteiger partial charge in [-0.25, -0.2) is 0 Å². The van der Waals surface area contributed by atoms with E-state index >= 15 is 0 Å². The van der Waals surface area contributed by atoms with Crippen molar-refractivity contribution >= 4 is 10.8 Å². The average Bonchev–Trinajstić information content (AvgIpc) is 2.53. The second-order valence-electron chi connectivity index (χ2n) is 5.33. The average molecular weight is 287 g/mol. The maximum atomic E-state index is 5.36. The Kier molecular flexibility index (Phi) is 6.03. The molecule has 0 amide bonds. The highest BCUT2D eigenvalue weighted by atomic mass is 16.5. The Morgan fingerprint density at radius 3 is 2.71 bits per heavy atom. The predicted octanol–water partition coefficient (Wildman–Crippen LogP) is 3.41. The molecule has 114 valence electrons. The molecule has 1 unspecified atom stereocenters. The number of hydrogen-bond donors (Lipinski definition) is 1. The first-order valence-electron chi connectivity index (χ1n) is 7.50. The first-order valence-corrected chi connectivity index (χ1v) is 7.50. The molecule has 0 spiro atoms. The Hall–Kier alpha value is -1.58. The van der Waals surface area contributed by atoms with Crippen LogP contribution in [0.3, 0.4) is 0 Å². The summed E-state index contributed by atoms with van der Waals surface area (Å²) < 4.78 is 10.5. The Morgan fingerprint density at radius 2 is 2.00 bits per heavy atom. The first kappa shape index (κ1) is 15.8. The molecule has 0 aliphatic rings. The molecule has 0 heterocycles. The van der Waals surface area contributed by atoms with Gasteiger partial charge in [-0.2, -0.15) is 0 Å². The van der Waals surface area contributed by atoms with Gasteiger partial charge < -0.3 is 14.8 Å². The van der Waals surface area contributed by atoms with Crippen molar-refractivity contribution in [1.82, 2.24) is 5.32 Å². The number of fused-ring (bicyclic) bond motifs is 1. The minimum absolute atomic E-state index is 0.469. The van der Waals surface area contributed by atoms with Crippen LogP contribution in [0.15, 0.2) is 36.4 Å². The third-order valence-electron chi connectivity index (χ3n) is 3.96. The molecule has 1 atom stereocenters. The van der Waals surface area contributed by atoms with E-state index in [4.69, 9.17) is 9.47 Å². The molecule has 0 saturated carbocycles. The number of rotatable bonds is 8. The quantitative estimate of drug-likeness (QED) is 0.755. The van der Waals surface area contributed by atoms with Gasteiger partial charge in [-0.3, -0.25) is 0 Å². The summed E-state index contributed by atoms with van der Waals surface area (Å²) in [5, 5.41) is 5.96. The smallest absolute Gasteiger partial charge is 0.119 e. The van der Waals surface area contributed by atoms with Crippen molar-refractivity contribution in [3.63, 3.8) is 0 Å². The lowest BCUT2D eigenvalue weighted by atomic mass is 9.96. The van der Waals surface area contributed by atoms with E-state index in [0.717, 1.165) is 31.6 Å². The fourth-order valence-electron chi connectivity index (χ4n) is 2.71. The Morgan fingerprint density at radius 1 is 1.14 bits per heavy atom. The van der Waals surface area contributed by atoms with Gasteiger partial charge in [0.2, 0.25) is 0 Å². The molecule has 2 rings (SSSR count). The summed E-state index contributed by atoms with van der Waals surface area (Å²) in [5.74, 6) is 0.912. The molecule has 2 aromatic rings. The fraction of sp³-hybridized carbons (Fsp3) is 0.444. The van der Waals surface area contributed by atoms with Gasteiger partial charge in [-0.05, 0) is 54.8 Å². The van der Waals surface area contributed by atoms with Crippen molar-refractivity contribution in [1.29, 1.82) is 0 Å². The molecule has 3 heteroatoms. The van der Waals surface area contributed by atoms with Gasteiger partial charge in [0.15, 0.2) is 0 Å². The van der Waals surface area contributed by atoms with Crippen LogP contribution >= 0.6 is 0 Å². The fourth-order valence-corrected chi connectivity index (χ4v) is 2.71. The van der Waals surface area contributed by atoms with Crippen LogP contribution in [0.2, 0.25) is 0 Å². The van der Waals surface area contributed by atoms with E-state index < -0.39 is 0 Å². The van der Waals surface area contributed by atoms with Crippen LogP contribution in [0.25, 0.3) is 10.8 Å². The molecule has 2 aromatic carbocycles. The van der Waals surface area contributed by atoms with Crippen LogP contribution < -0.4 is 10.1 Å². The van der Waals surface area contributed by atoms with Gasteiger partial charge in [0.05, 0.1) is 7.11 Å². The Balaban J connectivity index is 2.19. The lowest BCUT2D eigenvalue weighted by Crippen LogP contribution is -2.27. The lowest BCUT2D eigenvalue weighted by molar-refractivity contribution is 0.189. The molecule has 0 saturated heterocycles. The molecular formula is C18H25NO2. The molecule has 21 heavy (non-hydrogen) atoms. The van der Waals surface area contributed by atoms with E-state index in [1.165, 1.54) is 16.3 Å². The topological polar surface area (TPSA) is 30.5 Å². The van der Waals surface area contributed by atoms with Crippen molar-refractivity contribution in [2.75, 3.05) is 27.9 Å². The van der Waals surface area contributed by atoms with Crippen molar-refractivity contribution in [3.05, 3.63) is 42.0 Å². The van der Waals surface area contributed by atoms with E-state index in [9.17, 15) is 0 Å². The zero-order valence-electron chi connectivity index (χ0n) is 13.2. The van der Waals surface area contributed by atoms with Crippen LogP contribution in [0.4, 0.5) is 0 Å². The van der Waals surface area contributed by atoms with Crippen LogP contribution in [0.1, 0.15) is 18.4 Å². The van der Waals surface area contributed by atoms with Gasteiger partial charge in [0.25, 0.3) is 0 Å². The third kappa shape index (κ3) is 4.19. The van der Waals surface area contributed by atoms with E-state index in [2.05, 4.69) is 35.6 Å². The molecule has 0 aliphatic heterocycles. The summed E-state index contributed by atoms with van der Waals surface area (Å²) in [5.41, 5.74) is 1.36. The molecule has 0 fully saturated rings. The number of benzene rings is 2. The van der Waals surface area contributed by atoms with E-state index in [-0.39, 0.29) is 0 Å². The largest absolute Gasteiger partial charge is 0.497 e. The SMILES string of the molecule is CNC(CCCOC)Cc1cccc2ccc(OC)cc12. The normalized spacial score (nSPS) is 12.5. The highest BCUT2D eigenvalue weighted by Crippen LogP contribution is 2.25. The molecule has 0 bridgehead atoms. The summed E-state index contributed by atoms with van der Waals surface area (Å²) in [6, 6.07) is 13.2. The second-order valence-corrected chi connectivity index (χ2v) is 5.33. The minimum Gasteiger partial charge on any atom is -0.497 e. The summed E-state index contributed by atoms with van der Waals surface area (Å²) >= 11 is 0. The summed E-state index contributed by atoms with van der Waals surface area (Å²) in [6.07, 6.45) is 3.21. The minimum atomic E-state index is 0.469. The maximum absolute atomic E-state index is 5.36. The Labute approximate surface area is 127 Å². The second kappa shape index (κ2) is 8.01. The molecule has 0 aromatic heterocycles. The molecule has 1 N–H and O–H groups in total. The van der Waals surface area contributed by atoms with Crippen LogP contribution in [0, 0.1) is 0 Å². The van der Waals surface area contributed by atoms with Crippen molar-refractivity contribution in [3.8, 4) is 5.75 Å². The summed E-state index contributed by atoms with van der Waals surface area (Å²) in [4.78, 5) is 0. The van der Waals surface area contributed by atoms with E-state index in [1.54, 1.807) is 14.2 Å². The molecule has 3 nitrogen and oxygen atoms in total. The van der Waals surface area contributed by atoms with Crippen LogP contribution in [-0.4, -0.2) is 33.9 Å². The summed E-state index contributed by atoms with van der Waals surface area (Å²) in [7, 11) is 5.50. The standard InChI is InChI=1S/C18H25NO2/c1-19-16(8-5-11-20-2)12-15-7-4-6-14-9-10-17(21-3)13-18(14)15/h4,6-7,9-10,13,16,19H,5,8,11-12H2,1-3H3. The Bertz CT molecular complexity index is 568. The number of ether oxygens (including phenoxy) is 2. The first-order chi connectivity index (χ1) is 10.3. The zero-order valence-corrected chi connectivity index (χ0v) is 13.2. The number of methoxy groups -OCH3 is 2. The monoisotopic (exact) mass is 287 g/mol. The van der Waals surface area contributed by atoms with Gasteiger partial charge in [-0.1, -0.05) is 24.3 Å². The maximum Gasteiger partial charge on any atom is 0.119 e.